The van der Waals surface area contributed by atoms with E-state index in [1.54, 1.807) is 4.90 Å². The van der Waals surface area contributed by atoms with Gasteiger partial charge in [-0.05, 0) is 31.2 Å². The molecule has 1 saturated heterocycles. The van der Waals surface area contributed by atoms with E-state index in [0.29, 0.717) is 13.0 Å². The van der Waals surface area contributed by atoms with E-state index in [1.165, 1.54) is 0 Å². The Labute approximate surface area is 118 Å². The average Bonchev–Trinajstić information content (AvgIpc) is 2.88. The van der Waals surface area contributed by atoms with Crippen LogP contribution < -0.4 is 5.73 Å². The second-order valence-electron chi connectivity index (χ2n) is 5.86. The van der Waals surface area contributed by atoms with Crippen molar-refractivity contribution in [2.75, 3.05) is 6.54 Å². The number of nitrogens with two attached hydrogens (primary N) is 1. The molecular formula is C16H20N2O2. The second-order valence-corrected chi connectivity index (χ2v) is 5.86. The summed E-state index contributed by atoms with van der Waals surface area (Å²) in [6.45, 7) is 0.654. The Morgan fingerprint density at radius 3 is 2.40 bits per heavy atom. The van der Waals surface area contributed by atoms with Crippen molar-refractivity contribution in [3.8, 4) is 0 Å². The Morgan fingerprint density at radius 1 is 1.15 bits per heavy atom. The monoisotopic (exact) mass is 272 g/mol. The molecule has 1 aromatic carbocycles. The fourth-order valence-corrected chi connectivity index (χ4v) is 3.49. The molecule has 3 rings (SSSR count). The number of primary amides is 1. The third-order valence-electron chi connectivity index (χ3n) is 4.78. The van der Waals surface area contributed by atoms with Crippen LogP contribution in [-0.4, -0.2) is 29.3 Å². The lowest BCUT2D eigenvalue weighted by atomic mass is 9.63. The maximum absolute atomic E-state index is 13.0. The molecule has 2 N–H and O–H groups in total. The molecule has 1 heterocycles. The minimum Gasteiger partial charge on any atom is -0.368 e. The van der Waals surface area contributed by atoms with Gasteiger partial charge in [-0.15, -0.1) is 0 Å². The maximum Gasteiger partial charge on any atom is 0.240 e. The summed E-state index contributed by atoms with van der Waals surface area (Å²) in [5.74, 6) is -0.283. The highest BCUT2D eigenvalue weighted by atomic mass is 16.2. The lowest BCUT2D eigenvalue weighted by Gasteiger charge is -2.44. The number of carbonyl (C=O) groups excluding carboxylic acids is 2. The van der Waals surface area contributed by atoms with E-state index in [4.69, 9.17) is 5.73 Å². The predicted molar refractivity (Wildman–Crippen MR) is 75.9 cm³/mol. The van der Waals surface area contributed by atoms with Gasteiger partial charge in [0, 0.05) is 6.54 Å². The molecule has 0 spiro atoms. The van der Waals surface area contributed by atoms with Gasteiger partial charge in [-0.2, -0.15) is 0 Å². The molecule has 2 amide bonds. The van der Waals surface area contributed by atoms with Crippen LogP contribution in [0.3, 0.4) is 0 Å². The summed E-state index contributed by atoms with van der Waals surface area (Å²) in [6.07, 6.45) is 4.38. The minimum absolute atomic E-state index is 0.0938. The molecule has 20 heavy (non-hydrogen) atoms. The summed E-state index contributed by atoms with van der Waals surface area (Å²) in [5, 5.41) is 0. The van der Waals surface area contributed by atoms with Gasteiger partial charge in [0.1, 0.15) is 6.04 Å². The van der Waals surface area contributed by atoms with Crippen LogP contribution in [0, 0.1) is 0 Å². The van der Waals surface area contributed by atoms with Gasteiger partial charge >= 0.3 is 0 Å². The van der Waals surface area contributed by atoms with E-state index in [9.17, 15) is 9.59 Å². The third-order valence-corrected chi connectivity index (χ3v) is 4.78. The normalized spacial score (nSPS) is 24.2. The van der Waals surface area contributed by atoms with Crippen molar-refractivity contribution in [3.05, 3.63) is 35.9 Å². The number of likely N-dealkylation sites (tertiary alicyclic amines) is 1. The van der Waals surface area contributed by atoms with E-state index < -0.39 is 11.5 Å². The standard InChI is InChI=1S/C16H20N2O2/c17-14(19)13-8-4-11-18(13)15(20)16(9-5-10-16)12-6-2-1-3-7-12/h1-3,6-7,13H,4-5,8-11H2,(H2,17,19). The Hall–Kier alpha value is -1.84. The number of nitrogens with zero attached hydrogens (tertiary/aromatic N) is 1. The second kappa shape index (κ2) is 4.93. The lowest BCUT2D eigenvalue weighted by molar-refractivity contribution is -0.145. The van der Waals surface area contributed by atoms with Crippen molar-refractivity contribution in [1.82, 2.24) is 4.90 Å². The summed E-state index contributed by atoms with van der Waals surface area (Å²) < 4.78 is 0. The van der Waals surface area contributed by atoms with Gasteiger partial charge in [0.15, 0.2) is 0 Å². The Bertz CT molecular complexity index is 523. The molecule has 1 aliphatic carbocycles. The first-order valence-corrected chi connectivity index (χ1v) is 7.31. The summed E-state index contributed by atoms with van der Waals surface area (Å²) in [7, 11) is 0. The zero-order valence-corrected chi connectivity index (χ0v) is 11.5. The van der Waals surface area contributed by atoms with Crippen LogP contribution in [0.15, 0.2) is 30.3 Å². The van der Waals surface area contributed by atoms with Crippen molar-refractivity contribution in [3.63, 3.8) is 0 Å². The van der Waals surface area contributed by atoms with Crippen LogP contribution >= 0.6 is 0 Å². The summed E-state index contributed by atoms with van der Waals surface area (Å²) in [5.41, 5.74) is 6.09. The molecule has 4 nitrogen and oxygen atoms in total. The minimum atomic E-state index is -0.417. The first-order valence-electron chi connectivity index (χ1n) is 7.31. The molecule has 0 bridgehead atoms. The van der Waals surface area contributed by atoms with Gasteiger partial charge in [0.25, 0.3) is 0 Å². The van der Waals surface area contributed by atoms with Crippen molar-refractivity contribution in [2.45, 2.75) is 43.6 Å². The number of hydrogen-bond donors (Lipinski definition) is 1. The predicted octanol–water partition coefficient (Wildman–Crippen LogP) is 1.58. The van der Waals surface area contributed by atoms with E-state index in [-0.39, 0.29) is 11.8 Å². The SMILES string of the molecule is NC(=O)C1CCCN1C(=O)C1(c2ccccc2)CCC1. The van der Waals surface area contributed by atoms with Crippen LogP contribution in [0.25, 0.3) is 0 Å². The smallest absolute Gasteiger partial charge is 0.240 e. The van der Waals surface area contributed by atoms with E-state index in [2.05, 4.69) is 0 Å². The van der Waals surface area contributed by atoms with Crippen molar-refractivity contribution < 1.29 is 9.59 Å². The molecule has 4 heteroatoms. The molecule has 0 aromatic heterocycles. The molecule has 106 valence electrons. The van der Waals surface area contributed by atoms with E-state index >= 15 is 0 Å². The molecule has 0 radical (unpaired) electrons. The first kappa shape index (κ1) is 13.2. The van der Waals surface area contributed by atoms with Crippen molar-refractivity contribution in [2.24, 2.45) is 5.73 Å². The zero-order valence-electron chi connectivity index (χ0n) is 11.5. The fraction of sp³-hybridized carbons (Fsp3) is 0.500. The molecule has 1 saturated carbocycles. The molecule has 1 atom stereocenters. The molecule has 1 unspecified atom stereocenters. The van der Waals surface area contributed by atoms with Crippen LogP contribution in [-0.2, 0) is 15.0 Å². The summed E-state index contributed by atoms with van der Waals surface area (Å²) in [4.78, 5) is 26.2. The Balaban J connectivity index is 1.90. The number of carbonyl (C=O) groups is 2. The topological polar surface area (TPSA) is 63.4 Å². The largest absolute Gasteiger partial charge is 0.368 e. The first-order chi connectivity index (χ1) is 9.65. The number of benzene rings is 1. The molecule has 1 aliphatic heterocycles. The van der Waals surface area contributed by atoms with Crippen molar-refractivity contribution in [1.29, 1.82) is 0 Å². The Morgan fingerprint density at radius 2 is 1.85 bits per heavy atom. The van der Waals surface area contributed by atoms with E-state index in [1.807, 2.05) is 30.3 Å². The van der Waals surface area contributed by atoms with Crippen LogP contribution in [0.5, 0.6) is 0 Å². The summed E-state index contributed by atoms with van der Waals surface area (Å²) >= 11 is 0. The van der Waals surface area contributed by atoms with Gasteiger partial charge in [0.05, 0.1) is 5.41 Å². The lowest BCUT2D eigenvalue weighted by Crippen LogP contribution is -2.54. The average molecular weight is 272 g/mol. The highest BCUT2D eigenvalue weighted by Gasteiger charge is 2.50. The highest BCUT2D eigenvalue weighted by molar-refractivity contribution is 5.93. The molecule has 2 fully saturated rings. The Kier molecular flexibility index (Phi) is 3.24. The van der Waals surface area contributed by atoms with Crippen molar-refractivity contribution >= 4 is 11.8 Å². The molecule has 2 aliphatic rings. The van der Waals surface area contributed by atoms with Crippen LogP contribution in [0.1, 0.15) is 37.7 Å². The molecular weight excluding hydrogens is 252 g/mol. The van der Waals surface area contributed by atoms with E-state index in [0.717, 1.165) is 31.2 Å². The van der Waals surface area contributed by atoms with Crippen LogP contribution in [0.4, 0.5) is 0 Å². The fourth-order valence-electron chi connectivity index (χ4n) is 3.49. The number of hydrogen-bond acceptors (Lipinski definition) is 2. The number of rotatable bonds is 3. The van der Waals surface area contributed by atoms with Gasteiger partial charge in [-0.1, -0.05) is 36.8 Å². The van der Waals surface area contributed by atoms with Crippen LogP contribution in [0.2, 0.25) is 0 Å². The zero-order chi connectivity index (χ0) is 14.2. The van der Waals surface area contributed by atoms with Gasteiger partial charge in [-0.25, -0.2) is 0 Å². The number of amides is 2. The van der Waals surface area contributed by atoms with Gasteiger partial charge < -0.3 is 10.6 Å². The molecule has 1 aromatic rings. The quantitative estimate of drug-likeness (QED) is 0.908. The highest BCUT2D eigenvalue weighted by Crippen LogP contribution is 2.46. The van der Waals surface area contributed by atoms with Gasteiger partial charge in [0.2, 0.25) is 11.8 Å². The maximum atomic E-state index is 13.0. The summed E-state index contributed by atoms with van der Waals surface area (Å²) in [6, 6.07) is 9.53. The van der Waals surface area contributed by atoms with Gasteiger partial charge in [-0.3, -0.25) is 9.59 Å². The third kappa shape index (κ3) is 1.90.